The minimum Gasteiger partial charge on any atom is -0.398 e. The molecule has 6 heteroatoms. The molecule has 1 aromatic rings. The van der Waals surface area contributed by atoms with Crippen LogP contribution in [0.1, 0.15) is 5.56 Å². The maximum absolute atomic E-state index is 11.1. The van der Waals surface area contributed by atoms with Gasteiger partial charge in [0.1, 0.15) is 0 Å². The molecular formula is C10H13N3O2S. The normalized spacial score (nSPS) is 9.81. The summed E-state index contributed by atoms with van der Waals surface area (Å²) in [6.45, 7) is 1.94. The molecule has 1 rings (SSSR count). The van der Waals surface area contributed by atoms with Crippen molar-refractivity contribution in [2.45, 2.75) is 11.8 Å². The van der Waals surface area contributed by atoms with Gasteiger partial charge in [-0.25, -0.2) is 4.79 Å². The standard InChI is InChI=1S/C10H13N3O2S/c1-6-2-3-7(11)8(4-6)16-5-9(14)13-10(12)15/h2-4H,5,11H2,1H3,(H3,12,13,14,15). The van der Waals surface area contributed by atoms with E-state index in [9.17, 15) is 9.59 Å². The van der Waals surface area contributed by atoms with Gasteiger partial charge in [0.05, 0.1) is 5.75 Å². The number of thioether (sulfide) groups is 1. The molecule has 0 bridgehead atoms. The highest BCUT2D eigenvalue weighted by atomic mass is 32.2. The van der Waals surface area contributed by atoms with Crippen LogP contribution in [-0.4, -0.2) is 17.7 Å². The van der Waals surface area contributed by atoms with Crippen molar-refractivity contribution in [2.24, 2.45) is 5.73 Å². The molecule has 0 aromatic heterocycles. The Morgan fingerprint density at radius 3 is 2.75 bits per heavy atom. The summed E-state index contributed by atoms with van der Waals surface area (Å²) in [7, 11) is 0. The maximum Gasteiger partial charge on any atom is 0.318 e. The first-order chi connectivity index (χ1) is 7.49. The Hall–Kier alpha value is -1.69. The van der Waals surface area contributed by atoms with Gasteiger partial charge in [0.15, 0.2) is 0 Å². The molecule has 0 saturated heterocycles. The van der Waals surface area contributed by atoms with Crippen molar-refractivity contribution in [3.05, 3.63) is 23.8 Å². The molecule has 0 heterocycles. The Morgan fingerprint density at radius 2 is 2.12 bits per heavy atom. The minimum absolute atomic E-state index is 0.108. The summed E-state index contributed by atoms with van der Waals surface area (Å²) in [5.74, 6) is -0.324. The van der Waals surface area contributed by atoms with E-state index in [0.717, 1.165) is 10.5 Å². The van der Waals surface area contributed by atoms with E-state index in [4.69, 9.17) is 11.5 Å². The highest BCUT2D eigenvalue weighted by molar-refractivity contribution is 8.00. The molecule has 5 nitrogen and oxygen atoms in total. The Morgan fingerprint density at radius 1 is 1.44 bits per heavy atom. The fourth-order valence-corrected chi connectivity index (χ4v) is 1.95. The van der Waals surface area contributed by atoms with Gasteiger partial charge < -0.3 is 11.5 Å². The molecule has 0 spiro atoms. The lowest BCUT2D eigenvalue weighted by atomic mass is 10.2. The van der Waals surface area contributed by atoms with Crippen LogP contribution < -0.4 is 16.8 Å². The first-order valence-corrected chi connectivity index (χ1v) is 5.56. The summed E-state index contributed by atoms with van der Waals surface area (Å²) in [5, 5.41) is 1.99. The third kappa shape index (κ3) is 3.82. The number of carbonyl (C=O) groups excluding carboxylic acids is 2. The van der Waals surface area contributed by atoms with Gasteiger partial charge in [-0.3, -0.25) is 10.1 Å². The lowest BCUT2D eigenvalue weighted by molar-refractivity contribution is -0.117. The molecule has 0 radical (unpaired) electrons. The van der Waals surface area contributed by atoms with Crippen molar-refractivity contribution in [3.63, 3.8) is 0 Å². The molecule has 0 unspecified atom stereocenters. The number of nitrogens with one attached hydrogen (secondary N) is 1. The summed E-state index contributed by atoms with van der Waals surface area (Å²) < 4.78 is 0. The van der Waals surface area contributed by atoms with Crippen molar-refractivity contribution in [1.82, 2.24) is 5.32 Å². The Balaban J connectivity index is 2.57. The zero-order chi connectivity index (χ0) is 12.1. The van der Waals surface area contributed by atoms with Crippen LogP contribution in [0.4, 0.5) is 10.5 Å². The summed E-state index contributed by atoms with van der Waals surface area (Å²) in [5.41, 5.74) is 12.2. The van der Waals surface area contributed by atoms with E-state index in [0.29, 0.717) is 5.69 Å². The van der Waals surface area contributed by atoms with Crippen molar-refractivity contribution in [1.29, 1.82) is 0 Å². The molecule has 1 aromatic carbocycles. The van der Waals surface area contributed by atoms with Gasteiger partial charge in [-0.1, -0.05) is 6.07 Å². The van der Waals surface area contributed by atoms with Gasteiger partial charge in [0.25, 0.3) is 0 Å². The Kier molecular flexibility index (Phi) is 4.19. The van der Waals surface area contributed by atoms with E-state index in [1.54, 1.807) is 6.07 Å². The van der Waals surface area contributed by atoms with Gasteiger partial charge in [0, 0.05) is 10.6 Å². The molecule has 0 aliphatic carbocycles. The van der Waals surface area contributed by atoms with Crippen LogP contribution in [0.5, 0.6) is 0 Å². The number of benzene rings is 1. The predicted octanol–water partition coefficient (Wildman–Crippen LogP) is 0.864. The number of hydrogen-bond donors (Lipinski definition) is 3. The number of nitrogen functional groups attached to an aromatic ring is 1. The zero-order valence-electron chi connectivity index (χ0n) is 8.82. The molecular weight excluding hydrogens is 226 g/mol. The van der Waals surface area contributed by atoms with E-state index in [2.05, 4.69) is 0 Å². The maximum atomic E-state index is 11.1. The van der Waals surface area contributed by atoms with Crippen molar-refractivity contribution in [2.75, 3.05) is 11.5 Å². The zero-order valence-corrected chi connectivity index (χ0v) is 9.64. The smallest absolute Gasteiger partial charge is 0.318 e. The van der Waals surface area contributed by atoms with Crippen LogP contribution in [0.25, 0.3) is 0 Å². The second-order valence-corrected chi connectivity index (χ2v) is 4.26. The second kappa shape index (κ2) is 5.41. The van der Waals surface area contributed by atoms with Crippen LogP contribution in [0.15, 0.2) is 23.1 Å². The topological polar surface area (TPSA) is 98.2 Å². The fourth-order valence-electron chi connectivity index (χ4n) is 1.08. The number of anilines is 1. The van der Waals surface area contributed by atoms with Gasteiger partial charge in [-0.2, -0.15) is 0 Å². The molecule has 16 heavy (non-hydrogen) atoms. The van der Waals surface area contributed by atoms with Gasteiger partial charge in [0.2, 0.25) is 5.91 Å². The number of primary amides is 1. The molecule has 0 atom stereocenters. The number of urea groups is 1. The molecule has 0 aliphatic rings. The summed E-state index contributed by atoms with van der Waals surface area (Å²) in [6, 6.07) is 4.71. The quantitative estimate of drug-likeness (QED) is 0.538. The molecule has 0 fully saturated rings. The number of imide groups is 1. The summed E-state index contributed by atoms with van der Waals surface area (Å²) in [4.78, 5) is 22.4. The van der Waals surface area contributed by atoms with Gasteiger partial charge in [-0.15, -0.1) is 11.8 Å². The summed E-state index contributed by atoms with van der Waals surface area (Å²) in [6.07, 6.45) is 0. The highest BCUT2D eigenvalue weighted by Crippen LogP contribution is 2.25. The molecule has 5 N–H and O–H groups in total. The van der Waals surface area contributed by atoms with Crippen LogP contribution in [0, 0.1) is 6.92 Å². The lowest BCUT2D eigenvalue weighted by Crippen LogP contribution is -2.36. The third-order valence-corrected chi connectivity index (χ3v) is 2.86. The highest BCUT2D eigenvalue weighted by Gasteiger charge is 2.07. The molecule has 86 valence electrons. The van der Waals surface area contributed by atoms with Crippen molar-refractivity contribution in [3.8, 4) is 0 Å². The van der Waals surface area contributed by atoms with Gasteiger partial charge in [-0.05, 0) is 24.6 Å². The minimum atomic E-state index is -0.845. The number of aryl methyl sites for hydroxylation is 1. The van der Waals surface area contributed by atoms with Crippen LogP contribution in [0.2, 0.25) is 0 Å². The van der Waals surface area contributed by atoms with E-state index in [1.165, 1.54) is 11.8 Å². The van der Waals surface area contributed by atoms with E-state index in [1.807, 2.05) is 24.4 Å². The van der Waals surface area contributed by atoms with Crippen molar-refractivity contribution >= 4 is 29.4 Å². The van der Waals surface area contributed by atoms with E-state index >= 15 is 0 Å². The average molecular weight is 239 g/mol. The molecule has 0 saturated carbocycles. The van der Waals surface area contributed by atoms with Crippen LogP contribution >= 0.6 is 11.8 Å². The number of nitrogens with two attached hydrogens (primary N) is 2. The Labute approximate surface area is 97.6 Å². The largest absolute Gasteiger partial charge is 0.398 e. The predicted molar refractivity (Wildman–Crippen MR) is 64.0 cm³/mol. The number of hydrogen-bond acceptors (Lipinski definition) is 4. The molecule has 3 amide bonds. The second-order valence-electron chi connectivity index (χ2n) is 3.24. The lowest BCUT2D eigenvalue weighted by Gasteiger charge is -2.05. The van der Waals surface area contributed by atoms with Crippen LogP contribution in [0.3, 0.4) is 0 Å². The van der Waals surface area contributed by atoms with Crippen molar-refractivity contribution < 1.29 is 9.59 Å². The SMILES string of the molecule is Cc1ccc(N)c(SCC(=O)NC(N)=O)c1. The fraction of sp³-hybridized carbons (Fsp3) is 0.200. The first-order valence-electron chi connectivity index (χ1n) is 4.57. The third-order valence-electron chi connectivity index (χ3n) is 1.79. The monoisotopic (exact) mass is 239 g/mol. The first kappa shape index (κ1) is 12.4. The Bertz CT molecular complexity index is 421. The van der Waals surface area contributed by atoms with Gasteiger partial charge >= 0.3 is 6.03 Å². The molecule has 0 aliphatic heterocycles. The number of amides is 3. The average Bonchev–Trinajstić information content (AvgIpc) is 2.18. The van der Waals surface area contributed by atoms with E-state index < -0.39 is 11.9 Å². The number of rotatable bonds is 3. The number of carbonyl (C=O) groups is 2. The summed E-state index contributed by atoms with van der Waals surface area (Å²) >= 11 is 1.27. The van der Waals surface area contributed by atoms with E-state index in [-0.39, 0.29) is 5.75 Å². The van der Waals surface area contributed by atoms with Crippen LogP contribution in [-0.2, 0) is 4.79 Å².